The molecule has 10 heteroatoms. The van der Waals surface area contributed by atoms with Gasteiger partial charge in [-0.25, -0.2) is 19.0 Å². The Morgan fingerprint density at radius 3 is 2.41 bits per heavy atom. The maximum absolute atomic E-state index is 14.0. The van der Waals surface area contributed by atoms with Crippen molar-refractivity contribution in [2.24, 2.45) is 0 Å². The third kappa shape index (κ3) is 5.26. The number of benzene rings is 2. The minimum Gasteiger partial charge on any atom is -0.320 e. The van der Waals surface area contributed by atoms with E-state index in [1.165, 1.54) is 17.8 Å². The second-order valence-electron chi connectivity index (χ2n) is 7.87. The number of carbonyl (C=O) groups excluding carboxylic acids is 1. The number of rotatable bonds is 6. The van der Waals surface area contributed by atoms with E-state index < -0.39 is 11.7 Å². The van der Waals surface area contributed by atoms with Crippen LogP contribution in [0.25, 0.3) is 5.69 Å². The molecule has 0 unspecified atom stereocenters. The molecule has 2 aromatic heterocycles. The first-order valence-electron chi connectivity index (χ1n) is 10.4. The lowest BCUT2D eigenvalue weighted by molar-refractivity contribution is 0.102. The molecule has 2 heterocycles. The molecule has 4 aromatic rings. The molecule has 4 rings (SSSR count). The fourth-order valence-electron chi connectivity index (χ4n) is 3.28. The SMILES string of the molecule is Cc1cc(C)nc(SCc2c(C(=O)Nc3ccc(C)c(F)c3)nnn2-c2ccc(C)c(Cl)c2)n1. The molecule has 0 saturated heterocycles. The summed E-state index contributed by atoms with van der Waals surface area (Å²) in [6.45, 7) is 7.36. The molecule has 7 nitrogen and oxygen atoms in total. The smallest absolute Gasteiger partial charge is 0.278 e. The Morgan fingerprint density at radius 2 is 1.74 bits per heavy atom. The third-order valence-electron chi connectivity index (χ3n) is 5.11. The highest BCUT2D eigenvalue weighted by atomic mass is 35.5. The van der Waals surface area contributed by atoms with E-state index >= 15 is 0 Å². The van der Waals surface area contributed by atoms with Crippen LogP contribution in [0, 0.1) is 33.5 Å². The monoisotopic (exact) mass is 496 g/mol. The molecule has 2 aromatic carbocycles. The molecule has 1 N–H and O–H groups in total. The van der Waals surface area contributed by atoms with Gasteiger partial charge in [-0.2, -0.15) is 0 Å². The van der Waals surface area contributed by atoms with Crippen molar-refractivity contribution in [3.8, 4) is 5.69 Å². The first kappa shape index (κ1) is 23.8. The number of thioether (sulfide) groups is 1. The van der Waals surface area contributed by atoms with Crippen LogP contribution < -0.4 is 5.32 Å². The molecule has 0 fully saturated rings. The summed E-state index contributed by atoms with van der Waals surface area (Å²) in [4.78, 5) is 22.0. The molecule has 0 spiro atoms. The summed E-state index contributed by atoms with van der Waals surface area (Å²) in [6.07, 6.45) is 0. The highest BCUT2D eigenvalue weighted by molar-refractivity contribution is 7.98. The van der Waals surface area contributed by atoms with Crippen molar-refractivity contribution in [3.63, 3.8) is 0 Å². The largest absolute Gasteiger partial charge is 0.320 e. The van der Waals surface area contributed by atoms with Gasteiger partial charge in [0.25, 0.3) is 5.91 Å². The van der Waals surface area contributed by atoms with E-state index in [-0.39, 0.29) is 5.69 Å². The lowest BCUT2D eigenvalue weighted by Gasteiger charge is -2.10. The van der Waals surface area contributed by atoms with Gasteiger partial charge < -0.3 is 5.32 Å². The number of nitrogens with zero attached hydrogens (tertiary/aromatic N) is 5. The second kappa shape index (κ2) is 9.90. The van der Waals surface area contributed by atoms with Gasteiger partial charge in [-0.05, 0) is 69.2 Å². The maximum atomic E-state index is 14.0. The van der Waals surface area contributed by atoms with Crippen molar-refractivity contribution in [1.29, 1.82) is 0 Å². The van der Waals surface area contributed by atoms with E-state index in [1.54, 1.807) is 29.8 Å². The average molecular weight is 497 g/mol. The Kier molecular flexibility index (Phi) is 6.95. The number of halogens is 2. The number of aryl methyl sites for hydroxylation is 4. The number of anilines is 1. The van der Waals surface area contributed by atoms with Gasteiger partial charge in [0.05, 0.1) is 11.4 Å². The van der Waals surface area contributed by atoms with Crippen LogP contribution in [0.15, 0.2) is 47.6 Å². The molecule has 0 radical (unpaired) electrons. The number of carbonyl (C=O) groups is 1. The predicted molar refractivity (Wildman–Crippen MR) is 131 cm³/mol. The molecule has 34 heavy (non-hydrogen) atoms. The standard InChI is InChI=1S/C24H22ClFN6OS/c1-13-6-8-18(11-19(13)25)32-21(12-34-24-27-15(3)9-16(4)28-24)22(30-31-32)23(33)29-17-7-5-14(2)20(26)10-17/h5-11H,12H2,1-4H3,(H,29,33). The highest BCUT2D eigenvalue weighted by Crippen LogP contribution is 2.26. The van der Waals surface area contributed by atoms with Crippen LogP contribution in [-0.2, 0) is 5.75 Å². The van der Waals surface area contributed by atoms with Crippen molar-refractivity contribution >= 4 is 35.0 Å². The van der Waals surface area contributed by atoms with E-state index in [0.29, 0.717) is 38.6 Å². The number of amides is 1. The Morgan fingerprint density at radius 1 is 1.03 bits per heavy atom. The van der Waals surface area contributed by atoms with Crippen molar-refractivity contribution < 1.29 is 9.18 Å². The third-order valence-corrected chi connectivity index (χ3v) is 6.37. The predicted octanol–water partition coefficient (Wildman–Crippen LogP) is 5.63. The van der Waals surface area contributed by atoms with E-state index in [0.717, 1.165) is 17.0 Å². The number of aromatic nitrogens is 5. The molecule has 0 saturated carbocycles. The van der Waals surface area contributed by atoms with E-state index in [4.69, 9.17) is 11.6 Å². The van der Waals surface area contributed by atoms with Crippen molar-refractivity contribution in [3.05, 3.63) is 87.2 Å². The zero-order chi connectivity index (χ0) is 24.4. The van der Waals surface area contributed by atoms with Gasteiger partial charge in [-0.1, -0.05) is 40.7 Å². The average Bonchev–Trinajstić information content (AvgIpc) is 3.20. The number of nitrogens with one attached hydrogen (secondary N) is 1. The number of hydrogen-bond acceptors (Lipinski definition) is 6. The normalized spacial score (nSPS) is 11.0. The van der Waals surface area contributed by atoms with Gasteiger partial charge in [0.15, 0.2) is 10.9 Å². The topological polar surface area (TPSA) is 85.6 Å². The summed E-state index contributed by atoms with van der Waals surface area (Å²) in [5.74, 6) is -0.574. The molecule has 0 bridgehead atoms. The molecule has 1 amide bonds. The molecule has 0 aliphatic carbocycles. The van der Waals surface area contributed by atoms with Gasteiger partial charge in [-0.3, -0.25) is 4.79 Å². The molecule has 0 atom stereocenters. The van der Waals surface area contributed by atoms with Crippen LogP contribution in [0.4, 0.5) is 10.1 Å². The Labute approximate surface area is 205 Å². The fourth-order valence-corrected chi connectivity index (χ4v) is 4.40. The quantitative estimate of drug-likeness (QED) is 0.275. The van der Waals surface area contributed by atoms with E-state index in [9.17, 15) is 9.18 Å². The van der Waals surface area contributed by atoms with Crippen LogP contribution in [-0.4, -0.2) is 30.9 Å². The Hall–Kier alpha value is -3.30. The molecule has 0 aliphatic heterocycles. The zero-order valence-corrected chi connectivity index (χ0v) is 20.6. The van der Waals surface area contributed by atoms with Crippen LogP contribution >= 0.6 is 23.4 Å². The van der Waals surface area contributed by atoms with Crippen molar-refractivity contribution in [2.75, 3.05) is 5.32 Å². The van der Waals surface area contributed by atoms with Crippen LogP contribution in [0.3, 0.4) is 0 Å². The maximum Gasteiger partial charge on any atom is 0.278 e. The summed E-state index contributed by atoms with van der Waals surface area (Å²) in [6, 6.07) is 11.9. The van der Waals surface area contributed by atoms with Gasteiger partial charge in [0.2, 0.25) is 0 Å². The highest BCUT2D eigenvalue weighted by Gasteiger charge is 2.22. The van der Waals surface area contributed by atoms with E-state index in [1.807, 2.05) is 39.0 Å². The van der Waals surface area contributed by atoms with Crippen LogP contribution in [0.5, 0.6) is 0 Å². The van der Waals surface area contributed by atoms with E-state index in [2.05, 4.69) is 25.6 Å². The van der Waals surface area contributed by atoms with Gasteiger partial charge >= 0.3 is 0 Å². The van der Waals surface area contributed by atoms with Crippen LogP contribution in [0.2, 0.25) is 5.02 Å². The van der Waals surface area contributed by atoms with Crippen molar-refractivity contribution in [2.45, 2.75) is 38.6 Å². The first-order chi connectivity index (χ1) is 16.2. The Bertz CT molecular complexity index is 1370. The minimum atomic E-state index is -0.496. The fraction of sp³-hybridized carbons (Fsp3) is 0.208. The van der Waals surface area contributed by atoms with Crippen molar-refractivity contribution in [1.82, 2.24) is 25.0 Å². The summed E-state index contributed by atoms with van der Waals surface area (Å²) in [5.41, 5.74) is 4.78. The molecular weight excluding hydrogens is 475 g/mol. The molecular formula is C24H22ClFN6OS. The Balaban J connectivity index is 1.70. The minimum absolute atomic E-state index is 0.120. The summed E-state index contributed by atoms with van der Waals surface area (Å²) >= 11 is 7.70. The summed E-state index contributed by atoms with van der Waals surface area (Å²) < 4.78 is 15.5. The lowest BCUT2D eigenvalue weighted by Crippen LogP contribution is -2.15. The molecule has 174 valence electrons. The number of hydrogen-bond donors (Lipinski definition) is 1. The second-order valence-corrected chi connectivity index (χ2v) is 9.22. The van der Waals surface area contributed by atoms with Crippen LogP contribution in [0.1, 0.15) is 38.7 Å². The summed E-state index contributed by atoms with van der Waals surface area (Å²) in [7, 11) is 0. The summed E-state index contributed by atoms with van der Waals surface area (Å²) in [5, 5.41) is 12.2. The molecule has 0 aliphatic rings. The zero-order valence-electron chi connectivity index (χ0n) is 19.1. The van der Waals surface area contributed by atoms with Gasteiger partial charge in [-0.15, -0.1) is 5.10 Å². The first-order valence-corrected chi connectivity index (χ1v) is 11.8. The van der Waals surface area contributed by atoms with Gasteiger partial charge in [0, 0.05) is 27.9 Å². The lowest BCUT2D eigenvalue weighted by atomic mass is 10.2. The van der Waals surface area contributed by atoms with Gasteiger partial charge in [0.1, 0.15) is 5.82 Å².